The van der Waals surface area contributed by atoms with Crippen molar-refractivity contribution >= 4 is 0 Å². The zero-order valence-corrected chi connectivity index (χ0v) is 13.4. The lowest BCUT2D eigenvalue weighted by Gasteiger charge is -2.39. The molecule has 0 aliphatic heterocycles. The van der Waals surface area contributed by atoms with Crippen molar-refractivity contribution in [3.63, 3.8) is 0 Å². The monoisotopic (exact) mass is 278 g/mol. The van der Waals surface area contributed by atoms with Crippen LogP contribution in [0.25, 0.3) is 0 Å². The molecule has 0 fully saturated rings. The van der Waals surface area contributed by atoms with Gasteiger partial charge in [0.25, 0.3) is 0 Å². The molecule has 0 heterocycles. The Kier molecular flexibility index (Phi) is 7.20. The van der Waals surface area contributed by atoms with Gasteiger partial charge in [0.05, 0.1) is 6.61 Å². The smallest absolute Gasteiger partial charge is 0.0558 e. The topological polar surface area (TPSA) is 35.5 Å². The third-order valence-corrected chi connectivity index (χ3v) is 3.79. The zero-order chi connectivity index (χ0) is 15.0. The molecule has 0 aromatic heterocycles. The van der Waals surface area contributed by atoms with Gasteiger partial charge in [-0.05, 0) is 31.0 Å². The highest BCUT2D eigenvalue weighted by Crippen LogP contribution is 2.33. The van der Waals surface area contributed by atoms with Gasteiger partial charge in [-0.2, -0.15) is 0 Å². The Morgan fingerprint density at radius 3 is 2.35 bits per heavy atom. The van der Waals surface area contributed by atoms with E-state index in [0.29, 0.717) is 6.04 Å². The first-order valence-electron chi connectivity index (χ1n) is 7.60. The maximum Gasteiger partial charge on any atom is 0.0558 e. The van der Waals surface area contributed by atoms with Crippen LogP contribution in [0, 0.1) is 5.41 Å². The number of nitrogens with zero attached hydrogens (tertiary/aromatic N) is 1. The van der Waals surface area contributed by atoms with Crippen LogP contribution in [0.4, 0.5) is 0 Å². The third-order valence-electron chi connectivity index (χ3n) is 3.79. The Balaban J connectivity index is 2.82. The molecule has 20 heavy (non-hydrogen) atoms. The molecule has 1 aromatic carbocycles. The Labute approximate surface area is 124 Å². The Morgan fingerprint density at radius 2 is 1.85 bits per heavy atom. The molecule has 3 heteroatoms. The molecule has 0 saturated heterocycles. The van der Waals surface area contributed by atoms with Crippen molar-refractivity contribution in [2.24, 2.45) is 5.41 Å². The summed E-state index contributed by atoms with van der Waals surface area (Å²) in [6.07, 6.45) is 1.12. The van der Waals surface area contributed by atoms with Gasteiger partial charge in [0, 0.05) is 19.1 Å². The van der Waals surface area contributed by atoms with E-state index in [1.165, 1.54) is 5.56 Å². The van der Waals surface area contributed by atoms with E-state index < -0.39 is 0 Å². The average molecular weight is 278 g/mol. The molecule has 114 valence electrons. The van der Waals surface area contributed by atoms with Gasteiger partial charge in [0.2, 0.25) is 0 Å². The number of nitrogens with one attached hydrogen (secondary N) is 1. The van der Waals surface area contributed by atoms with Crippen LogP contribution in [-0.4, -0.2) is 43.3 Å². The molecule has 1 rings (SSSR count). The second-order valence-corrected chi connectivity index (χ2v) is 6.12. The Hall–Kier alpha value is -0.900. The molecule has 0 spiro atoms. The zero-order valence-electron chi connectivity index (χ0n) is 13.4. The molecular formula is C17H30N2O. The fourth-order valence-electron chi connectivity index (χ4n) is 3.05. The summed E-state index contributed by atoms with van der Waals surface area (Å²) in [5.41, 5.74) is 1.42. The van der Waals surface area contributed by atoms with Gasteiger partial charge in [-0.15, -0.1) is 0 Å². The standard InChI is InChI=1S/C17H30N2O/c1-5-11-19(12-13-20)14-17(2,3)16(18-4)15-9-7-6-8-10-15/h6-10,16,18,20H,5,11-14H2,1-4H3. The summed E-state index contributed by atoms with van der Waals surface area (Å²) in [6, 6.07) is 10.9. The lowest BCUT2D eigenvalue weighted by Crippen LogP contribution is -2.43. The minimum Gasteiger partial charge on any atom is -0.395 e. The van der Waals surface area contributed by atoms with Gasteiger partial charge < -0.3 is 15.3 Å². The maximum atomic E-state index is 9.22. The van der Waals surface area contributed by atoms with Gasteiger partial charge in [-0.3, -0.25) is 0 Å². The highest BCUT2D eigenvalue weighted by atomic mass is 16.3. The second-order valence-electron chi connectivity index (χ2n) is 6.12. The van der Waals surface area contributed by atoms with Crippen molar-refractivity contribution in [3.05, 3.63) is 35.9 Å². The van der Waals surface area contributed by atoms with E-state index in [9.17, 15) is 5.11 Å². The third kappa shape index (κ3) is 4.89. The van der Waals surface area contributed by atoms with Gasteiger partial charge in [0.15, 0.2) is 0 Å². The summed E-state index contributed by atoms with van der Waals surface area (Å²) in [5.74, 6) is 0. The van der Waals surface area contributed by atoms with Crippen molar-refractivity contribution in [2.45, 2.75) is 33.2 Å². The predicted octanol–water partition coefficient (Wildman–Crippen LogP) is 2.68. The highest BCUT2D eigenvalue weighted by Gasteiger charge is 2.31. The summed E-state index contributed by atoms with van der Waals surface area (Å²) in [5, 5.41) is 12.7. The van der Waals surface area contributed by atoms with E-state index in [4.69, 9.17) is 0 Å². The summed E-state index contributed by atoms with van der Waals surface area (Å²) in [6.45, 7) is 9.76. The van der Waals surface area contributed by atoms with Gasteiger partial charge in [0.1, 0.15) is 0 Å². The SMILES string of the molecule is CCCN(CCO)CC(C)(C)C(NC)c1ccccc1. The quantitative estimate of drug-likeness (QED) is 0.729. The van der Waals surface area contributed by atoms with Gasteiger partial charge >= 0.3 is 0 Å². The molecule has 0 radical (unpaired) electrons. The molecule has 1 atom stereocenters. The van der Waals surface area contributed by atoms with E-state index in [0.717, 1.165) is 26.1 Å². The van der Waals surface area contributed by atoms with E-state index >= 15 is 0 Å². The predicted molar refractivity (Wildman–Crippen MR) is 85.8 cm³/mol. The maximum absolute atomic E-state index is 9.22. The van der Waals surface area contributed by atoms with Crippen LogP contribution in [-0.2, 0) is 0 Å². The molecule has 0 saturated carbocycles. The van der Waals surface area contributed by atoms with Gasteiger partial charge in [-0.25, -0.2) is 0 Å². The van der Waals surface area contributed by atoms with E-state index in [2.05, 4.69) is 61.3 Å². The highest BCUT2D eigenvalue weighted by molar-refractivity contribution is 5.21. The Bertz CT molecular complexity index is 359. The van der Waals surface area contributed by atoms with E-state index in [1.54, 1.807) is 0 Å². The molecular weight excluding hydrogens is 248 g/mol. The van der Waals surface area contributed by atoms with Crippen LogP contribution in [0.2, 0.25) is 0 Å². The number of aliphatic hydroxyl groups is 1. The molecule has 2 N–H and O–H groups in total. The van der Waals surface area contributed by atoms with E-state index in [1.807, 2.05) is 7.05 Å². The summed E-state index contributed by atoms with van der Waals surface area (Å²) in [4.78, 5) is 2.35. The summed E-state index contributed by atoms with van der Waals surface area (Å²) >= 11 is 0. The molecule has 0 bridgehead atoms. The van der Waals surface area contributed by atoms with Crippen molar-refractivity contribution < 1.29 is 5.11 Å². The fraction of sp³-hybridized carbons (Fsp3) is 0.647. The van der Waals surface area contributed by atoms with Crippen molar-refractivity contribution in [1.82, 2.24) is 10.2 Å². The molecule has 1 unspecified atom stereocenters. The summed E-state index contributed by atoms with van der Waals surface area (Å²) < 4.78 is 0. The minimum absolute atomic E-state index is 0.0977. The lowest BCUT2D eigenvalue weighted by atomic mass is 9.80. The fourth-order valence-corrected chi connectivity index (χ4v) is 3.05. The van der Waals surface area contributed by atoms with Crippen LogP contribution in [0.1, 0.15) is 38.8 Å². The first-order chi connectivity index (χ1) is 9.55. The Morgan fingerprint density at radius 1 is 1.20 bits per heavy atom. The first-order valence-corrected chi connectivity index (χ1v) is 7.60. The number of hydrogen-bond acceptors (Lipinski definition) is 3. The van der Waals surface area contributed by atoms with Crippen LogP contribution < -0.4 is 5.32 Å². The lowest BCUT2D eigenvalue weighted by molar-refractivity contribution is 0.118. The molecule has 0 aliphatic rings. The molecule has 0 aliphatic carbocycles. The molecule has 0 amide bonds. The minimum atomic E-state index is 0.0977. The van der Waals surface area contributed by atoms with Gasteiger partial charge in [-0.1, -0.05) is 51.1 Å². The number of hydrogen-bond donors (Lipinski definition) is 2. The summed E-state index contributed by atoms with van der Waals surface area (Å²) in [7, 11) is 2.02. The van der Waals surface area contributed by atoms with Crippen LogP contribution in [0.5, 0.6) is 0 Å². The first kappa shape index (κ1) is 17.2. The van der Waals surface area contributed by atoms with Crippen molar-refractivity contribution in [2.75, 3.05) is 33.3 Å². The molecule has 1 aromatic rings. The van der Waals surface area contributed by atoms with E-state index in [-0.39, 0.29) is 12.0 Å². The van der Waals surface area contributed by atoms with Crippen LogP contribution in [0.3, 0.4) is 0 Å². The van der Waals surface area contributed by atoms with Crippen molar-refractivity contribution in [1.29, 1.82) is 0 Å². The van der Waals surface area contributed by atoms with Crippen LogP contribution >= 0.6 is 0 Å². The largest absolute Gasteiger partial charge is 0.395 e. The normalized spacial score (nSPS) is 13.7. The molecule has 3 nitrogen and oxygen atoms in total. The average Bonchev–Trinajstić information content (AvgIpc) is 2.40. The van der Waals surface area contributed by atoms with Crippen molar-refractivity contribution in [3.8, 4) is 0 Å². The number of rotatable bonds is 9. The number of aliphatic hydroxyl groups excluding tert-OH is 1. The second kappa shape index (κ2) is 8.40. The van der Waals surface area contributed by atoms with Crippen LogP contribution in [0.15, 0.2) is 30.3 Å². The number of benzene rings is 1.